The maximum Gasteiger partial charge on any atom is 0.240 e. The average Bonchev–Trinajstić information content (AvgIpc) is 3.46. The molecule has 0 bridgehead atoms. The molecule has 5 nitrogen and oxygen atoms in total. The molecule has 0 aliphatic rings. The number of aromatic nitrogens is 1. The molecule has 0 aliphatic heterocycles. The predicted octanol–water partition coefficient (Wildman–Crippen LogP) is 5.63. The lowest BCUT2D eigenvalue weighted by atomic mass is 9.91. The molecule has 5 heteroatoms. The number of H-pyrrole nitrogens is 1. The molecule has 0 spiro atoms. The van der Waals surface area contributed by atoms with Gasteiger partial charge in [-0.05, 0) is 43.2 Å². The van der Waals surface area contributed by atoms with Crippen LogP contribution in [0.15, 0.2) is 89.5 Å². The van der Waals surface area contributed by atoms with Crippen LogP contribution in [0.1, 0.15) is 29.4 Å². The summed E-state index contributed by atoms with van der Waals surface area (Å²) in [5.41, 5.74) is 4.45. The van der Waals surface area contributed by atoms with Crippen LogP contribution < -0.4 is 10.6 Å². The summed E-state index contributed by atoms with van der Waals surface area (Å²) in [6.07, 6.45) is 2.54. The average molecular weight is 452 g/mol. The van der Waals surface area contributed by atoms with Gasteiger partial charge in [-0.3, -0.25) is 10.1 Å². The van der Waals surface area contributed by atoms with E-state index < -0.39 is 5.54 Å². The van der Waals surface area contributed by atoms with Crippen LogP contribution in [-0.4, -0.2) is 16.4 Å². The number of para-hydroxylation sites is 2. The van der Waals surface area contributed by atoms with Crippen molar-refractivity contribution in [1.82, 2.24) is 15.6 Å². The molecular weight excluding hydrogens is 422 g/mol. The zero-order valence-electron chi connectivity index (χ0n) is 19.5. The van der Waals surface area contributed by atoms with Crippen molar-refractivity contribution in [2.24, 2.45) is 0 Å². The molecule has 0 aliphatic carbocycles. The van der Waals surface area contributed by atoms with Crippen molar-refractivity contribution in [3.63, 3.8) is 0 Å². The van der Waals surface area contributed by atoms with Crippen LogP contribution in [0.5, 0.6) is 0 Å². The Kier molecular flexibility index (Phi) is 5.95. The van der Waals surface area contributed by atoms with E-state index in [2.05, 4.69) is 58.9 Å². The summed E-state index contributed by atoms with van der Waals surface area (Å²) in [5, 5.41) is 8.83. The van der Waals surface area contributed by atoms with Crippen LogP contribution in [-0.2, 0) is 24.3 Å². The highest BCUT2D eigenvalue weighted by Crippen LogP contribution is 2.24. The zero-order valence-corrected chi connectivity index (χ0v) is 19.5. The molecule has 0 saturated carbocycles. The van der Waals surface area contributed by atoms with Gasteiger partial charge >= 0.3 is 0 Å². The van der Waals surface area contributed by atoms with Gasteiger partial charge in [0.25, 0.3) is 0 Å². The van der Waals surface area contributed by atoms with Crippen LogP contribution in [0.3, 0.4) is 0 Å². The Labute approximate surface area is 199 Å². The minimum atomic E-state index is -0.839. The first-order valence-electron chi connectivity index (χ1n) is 11.6. The first-order chi connectivity index (χ1) is 16.5. The highest BCUT2D eigenvalue weighted by atomic mass is 16.3. The molecule has 3 aromatic carbocycles. The number of hydrogen-bond donors (Lipinski definition) is 3. The van der Waals surface area contributed by atoms with E-state index in [4.69, 9.17) is 4.42 Å². The number of amides is 1. The van der Waals surface area contributed by atoms with E-state index in [1.54, 1.807) is 0 Å². The van der Waals surface area contributed by atoms with Gasteiger partial charge in [0.1, 0.15) is 11.3 Å². The molecule has 1 atom stereocenters. The van der Waals surface area contributed by atoms with E-state index in [0.29, 0.717) is 19.5 Å². The van der Waals surface area contributed by atoms with Crippen molar-refractivity contribution in [2.75, 3.05) is 0 Å². The Bertz CT molecular complexity index is 1400. The molecule has 0 radical (unpaired) electrons. The number of aromatic amines is 1. The first kappa shape index (κ1) is 22.0. The third kappa shape index (κ3) is 4.61. The monoisotopic (exact) mass is 451 g/mol. The molecular formula is C29H29N3O2. The smallest absolute Gasteiger partial charge is 0.240 e. The molecule has 2 aromatic heterocycles. The lowest BCUT2D eigenvalue weighted by Gasteiger charge is -2.29. The number of hydrogen-bond acceptors (Lipinski definition) is 3. The molecule has 2 heterocycles. The van der Waals surface area contributed by atoms with Gasteiger partial charge in [-0.2, -0.15) is 0 Å². The Morgan fingerprint density at radius 3 is 2.56 bits per heavy atom. The van der Waals surface area contributed by atoms with Gasteiger partial charge in [0.05, 0.1) is 12.1 Å². The van der Waals surface area contributed by atoms with Crippen molar-refractivity contribution >= 4 is 27.8 Å². The van der Waals surface area contributed by atoms with E-state index >= 15 is 0 Å². The van der Waals surface area contributed by atoms with Gasteiger partial charge in [-0.25, -0.2) is 0 Å². The summed E-state index contributed by atoms with van der Waals surface area (Å²) < 4.78 is 5.99. The Morgan fingerprint density at radius 1 is 0.971 bits per heavy atom. The largest absolute Gasteiger partial charge is 0.460 e. The molecule has 0 fully saturated rings. The fraction of sp³-hybridized carbons (Fsp3) is 0.207. The normalized spacial score (nSPS) is 13.2. The predicted molar refractivity (Wildman–Crippen MR) is 136 cm³/mol. The first-order valence-corrected chi connectivity index (χ1v) is 11.6. The number of fused-ring (bicyclic) bond motifs is 2. The standard InChI is InChI=1S/C29H29N3O2/c1-20-11-13-21(14-12-20)17-31-28(33)29(2,16-23-18-30-26-9-5-4-8-25(23)26)32-19-24-15-22-7-3-6-10-27(22)34-24/h3-15,18,30,32H,16-17,19H2,1-2H3,(H,31,33). The molecule has 1 amide bonds. The zero-order chi connectivity index (χ0) is 23.5. The van der Waals surface area contributed by atoms with Gasteiger partial charge in [-0.15, -0.1) is 0 Å². The maximum atomic E-state index is 13.5. The van der Waals surface area contributed by atoms with Crippen molar-refractivity contribution in [3.8, 4) is 0 Å². The number of furan rings is 1. The molecule has 172 valence electrons. The van der Waals surface area contributed by atoms with Gasteiger partial charge in [0.15, 0.2) is 0 Å². The van der Waals surface area contributed by atoms with E-state index in [1.165, 1.54) is 5.56 Å². The van der Waals surface area contributed by atoms with E-state index in [-0.39, 0.29) is 5.91 Å². The Morgan fingerprint density at radius 2 is 1.74 bits per heavy atom. The minimum absolute atomic E-state index is 0.0468. The highest BCUT2D eigenvalue weighted by molar-refractivity contribution is 5.89. The van der Waals surface area contributed by atoms with Crippen molar-refractivity contribution in [3.05, 3.63) is 108 Å². The third-order valence-corrected chi connectivity index (χ3v) is 6.42. The molecule has 3 N–H and O–H groups in total. The lowest BCUT2D eigenvalue weighted by molar-refractivity contribution is -0.127. The fourth-order valence-corrected chi connectivity index (χ4v) is 4.37. The van der Waals surface area contributed by atoms with E-state index in [1.807, 2.05) is 55.6 Å². The lowest BCUT2D eigenvalue weighted by Crippen LogP contribution is -2.55. The van der Waals surface area contributed by atoms with Crippen LogP contribution in [0.2, 0.25) is 0 Å². The second-order valence-corrected chi connectivity index (χ2v) is 9.14. The van der Waals surface area contributed by atoms with Crippen molar-refractivity contribution in [2.45, 2.75) is 38.9 Å². The second-order valence-electron chi connectivity index (χ2n) is 9.14. The van der Waals surface area contributed by atoms with Crippen LogP contribution in [0.25, 0.3) is 21.9 Å². The Balaban J connectivity index is 1.38. The van der Waals surface area contributed by atoms with Crippen molar-refractivity contribution in [1.29, 1.82) is 0 Å². The van der Waals surface area contributed by atoms with Gasteiger partial charge in [0, 0.05) is 35.5 Å². The Hall–Kier alpha value is -3.83. The van der Waals surface area contributed by atoms with Crippen LogP contribution >= 0.6 is 0 Å². The van der Waals surface area contributed by atoms with E-state index in [0.717, 1.165) is 38.8 Å². The fourth-order valence-electron chi connectivity index (χ4n) is 4.37. The molecule has 1 unspecified atom stereocenters. The highest BCUT2D eigenvalue weighted by Gasteiger charge is 2.34. The van der Waals surface area contributed by atoms with Gasteiger partial charge in [0.2, 0.25) is 5.91 Å². The number of rotatable bonds is 8. The summed E-state index contributed by atoms with van der Waals surface area (Å²) in [5.74, 6) is 0.757. The summed E-state index contributed by atoms with van der Waals surface area (Å²) in [6.45, 7) is 4.95. The summed E-state index contributed by atoms with van der Waals surface area (Å²) in [6, 6.07) is 26.4. The third-order valence-electron chi connectivity index (χ3n) is 6.42. The summed E-state index contributed by atoms with van der Waals surface area (Å²) in [7, 11) is 0. The summed E-state index contributed by atoms with van der Waals surface area (Å²) in [4.78, 5) is 16.9. The maximum absolute atomic E-state index is 13.5. The van der Waals surface area contributed by atoms with Gasteiger partial charge < -0.3 is 14.7 Å². The number of carbonyl (C=O) groups is 1. The molecule has 0 saturated heterocycles. The molecule has 5 rings (SSSR count). The second kappa shape index (κ2) is 9.20. The number of benzene rings is 3. The molecule has 34 heavy (non-hydrogen) atoms. The van der Waals surface area contributed by atoms with Crippen molar-refractivity contribution < 1.29 is 9.21 Å². The topological polar surface area (TPSA) is 70.1 Å². The number of nitrogens with one attached hydrogen (secondary N) is 3. The van der Waals surface area contributed by atoms with Crippen LogP contribution in [0.4, 0.5) is 0 Å². The van der Waals surface area contributed by atoms with Gasteiger partial charge in [-0.1, -0.05) is 66.2 Å². The SMILES string of the molecule is Cc1ccc(CNC(=O)C(C)(Cc2c[nH]c3ccccc23)NCc2cc3ccccc3o2)cc1. The number of aryl methyl sites for hydroxylation is 1. The minimum Gasteiger partial charge on any atom is -0.460 e. The quantitative estimate of drug-likeness (QED) is 0.286. The van der Waals surface area contributed by atoms with E-state index in [9.17, 15) is 4.79 Å². The van der Waals surface area contributed by atoms with Crippen LogP contribution in [0, 0.1) is 6.92 Å². The molecule has 5 aromatic rings. The number of carbonyl (C=O) groups excluding carboxylic acids is 1. The summed E-state index contributed by atoms with van der Waals surface area (Å²) >= 11 is 0.